The second kappa shape index (κ2) is 4.41. The van der Waals surface area contributed by atoms with Crippen LogP contribution in [0.5, 0.6) is 0 Å². The Morgan fingerprint density at radius 2 is 1.93 bits per heavy atom. The second-order valence-electron chi connectivity index (χ2n) is 2.87. The van der Waals surface area contributed by atoms with Gasteiger partial charge in [-0.2, -0.15) is 0 Å². The molecule has 0 fully saturated rings. The molecule has 15 heavy (non-hydrogen) atoms. The van der Waals surface area contributed by atoms with E-state index in [-0.39, 0.29) is 5.69 Å². The molecule has 1 rings (SSSR count). The minimum atomic E-state index is -1.62. The Bertz CT molecular complexity index is 411. The van der Waals surface area contributed by atoms with Crippen LogP contribution in [-0.2, 0) is 9.59 Å². The van der Waals surface area contributed by atoms with Gasteiger partial charge in [0.1, 0.15) is 5.69 Å². The number of hydrogen-bond acceptors (Lipinski definition) is 5. The quantitative estimate of drug-likeness (QED) is 0.425. The lowest BCUT2D eigenvalue weighted by Crippen LogP contribution is -2.17. The maximum absolute atomic E-state index is 11.3. The van der Waals surface area contributed by atoms with E-state index in [1.807, 2.05) is 0 Å². The molecule has 6 heteroatoms. The molecule has 6 nitrogen and oxygen atoms in total. The Hall–Kier alpha value is -2.11. The number of carbonyl (C=O) groups excluding carboxylic acids is 2. The number of nitrogens with zero attached hydrogens (tertiary/aromatic N) is 2. The van der Waals surface area contributed by atoms with Gasteiger partial charge in [-0.15, -0.1) is 0 Å². The summed E-state index contributed by atoms with van der Waals surface area (Å²) in [6.07, 6.45) is 1.90. The highest BCUT2D eigenvalue weighted by molar-refractivity contribution is 6.37. The molecule has 0 atom stereocenters. The first-order valence-electron chi connectivity index (χ1n) is 4.08. The Labute approximate surface area is 85.0 Å². The minimum Gasteiger partial charge on any atom is -0.475 e. The van der Waals surface area contributed by atoms with E-state index in [4.69, 9.17) is 5.11 Å². The van der Waals surface area contributed by atoms with Gasteiger partial charge in [0, 0.05) is 6.20 Å². The van der Waals surface area contributed by atoms with E-state index in [0.717, 1.165) is 0 Å². The van der Waals surface area contributed by atoms with Crippen LogP contribution in [0, 0.1) is 6.92 Å². The molecular weight excluding hydrogens is 200 g/mol. The number of hydrogen-bond donors (Lipinski definition) is 1. The van der Waals surface area contributed by atoms with Crippen molar-refractivity contribution in [3.05, 3.63) is 23.8 Å². The summed E-state index contributed by atoms with van der Waals surface area (Å²) in [5.74, 6) is -3.42. The van der Waals surface area contributed by atoms with E-state index in [1.54, 1.807) is 6.92 Å². The molecule has 1 aromatic rings. The summed E-state index contributed by atoms with van der Waals surface area (Å²) in [4.78, 5) is 39.7. The highest BCUT2D eigenvalue weighted by Gasteiger charge is 2.18. The van der Waals surface area contributed by atoms with Crippen molar-refractivity contribution in [2.45, 2.75) is 13.3 Å². The smallest absolute Gasteiger partial charge is 0.372 e. The first kappa shape index (κ1) is 11.0. The zero-order valence-corrected chi connectivity index (χ0v) is 7.93. The topological polar surface area (TPSA) is 97.2 Å². The van der Waals surface area contributed by atoms with Crippen LogP contribution >= 0.6 is 0 Å². The molecule has 0 aromatic carbocycles. The van der Waals surface area contributed by atoms with Crippen LogP contribution < -0.4 is 0 Å². The number of carboxylic acids is 1. The third kappa shape index (κ3) is 2.94. The first-order chi connectivity index (χ1) is 7.00. The molecule has 0 bridgehead atoms. The molecule has 0 unspecified atom stereocenters. The van der Waals surface area contributed by atoms with Crippen LogP contribution in [0.3, 0.4) is 0 Å². The Balaban J connectivity index is 2.74. The number of aryl methyl sites for hydroxylation is 1. The van der Waals surface area contributed by atoms with Crippen LogP contribution in [-0.4, -0.2) is 32.6 Å². The van der Waals surface area contributed by atoms with E-state index in [1.165, 1.54) is 12.4 Å². The van der Waals surface area contributed by atoms with Gasteiger partial charge >= 0.3 is 5.97 Å². The van der Waals surface area contributed by atoms with Gasteiger partial charge < -0.3 is 5.11 Å². The summed E-state index contributed by atoms with van der Waals surface area (Å²) < 4.78 is 0. The van der Waals surface area contributed by atoms with Gasteiger partial charge in [-0.05, 0) is 6.92 Å². The average Bonchev–Trinajstić information content (AvgIpc) is 2.18. The molecule has 1 N–H and O–H groups in total. The van der Waals surface area contributed by atoms with Gasteiger partial charge in [-0.25, -0.2) is 9.78 Å². The van der Waals surface area contributed by atoms with Gasteiger partial charge in [-0.3, -0.25) is 14.6 Å². The molecule has 0 spiro atoms. The number of rotatable bonds is 4. The van der Waals surface area contributed by atoms with E-state index < -0.39 is 24.0 Å². The highest BCUT2D eigenvalue weighted by atomic mass is 16.4. The third-order valence-electron chi connectivity index (χ3n) is 1.63. The highest BCUT2D eigenvalue weighted by Crippen LogP contribution is 1.99. The predicted molar refractivity (Wildman–Crippen MR) is 48.4 cm³/mol. The molecule has 0 aliphatic rings. The molecular formula is C9H8N2O4. The lowest BCUT2D eigenvalue weighted by Gasteiger charge is -1.97. The van der Waals surface area contributed by atoms with Crippen molar-refractivity contribution in [1.29, 1.82) is 0 Å². The Morgan fingerprint density at radius 1 is 1.27 bits per heavy atom. The van der Waals surface area contributed by atoms with E-state index in [2.05, 4.69) is 9.97 Å². The van der Waals surface area contributed by atoms with Crippen LogP contribution in [0.1, 0.15) is 22.6 Å². The van der Waals surface area contributed by atoms with Crippen LogP contribution in [0.2, 0.25) is 0 Å². The van der Waals surface area contributed by atoms with Gasteiger partial charge in [-0.1, -0.05) is 0 Å². The van der Waals surface area contributed by atoms with Crippen LogP contribution in [0.4, 0.5) is 0 Å². The summed E-state index contributed by atoms with van der Waals surface area (Å²) in [5.41, 5.74) is 0.631. The van der Waals surface area contributed by atoms with Crippen molar-refractivity contribution in [3.63, 3.8) is 0 Å². The molecule has 78 valence electrons. The Morgan fingerprint density at radius 3 is 2.40 bits per heavy atom. The molecule has 0 saturated heterocycles. The van der Waals surface area contributed by atoms with Crippen LogP contribution in [0.25, 0.3) is 0 Å². The van der Waals surface area contributed by atoms with Crippen molar-refractivity contribution in [1.82, 2.24) is 9.97 Å². The predicted octanol–water partition coefficient (Wildman–Crippen LogP) is 0.0115. The van der Waals surface area contributed by atoms with Crippen molar-refractivity contribution in [3.8, 4) is 0 Å². The summed E-state index contributed by atoms with van der Waals surface area (Å²) in [7, 11) is 0. The van der Waals surface area contributed by atoms with E-state index >= 15 is 0 Å². The normalized spacial score (nSPS) is 9.67. The molecule has 1 heterocycles. The van der Waals surface area contributed by atoms with Gasteiger partial charge in [0.15, 0.2) is 5.78 Å². The Kier molecular flexibility index (Phi) is 3.22. The van der Waals surface area contributed by atoms with Gasteiger partial charge in [0.2, 0.25) is 5.78 Å². The van der Waals surface area contributed by atoms with E-state index in [0.29, 0.717) is 5.69 Å². The molecule has 0 saturated carbocycles. The number of Topliss-reactive ketones (excluding diaryl/α,β-unsaturated/α-hetero) is 2. The number of carboxylic acid groups (broad SMARTS) is 1. The average molecular weight is 208 g/mol. The maximum Gasteiger partial charge on any atom is 0.372 e. The SMILES string of the molecule is Cc1cnc(C(=O)CC(=O)C(=O)O)cn1. The zero-order valence-electron chi connectivity index (χ0n) is 7.93. The summed E-state index contributed by atoms with van der Waals surface area (Å²) >= 11 is 0. The first-order valence-corrected chi connectivity index (χ1v) is 4.08. The fraction of sp³-hybridized carbons (Fsp3) is 0.222. The fourth-order valence-electron chi connectivity index (χ4n) is 0.849. The van der Waals surface area contributed by atoms with Gasteiger partial charge in [0.25, 0.3) is 0 Å². The largest absolute Gasteiger partial charge is 0.475 e. The van der Waals surface area contributed by atoms with Crippen LogP contribution in [0.15, 0.2) is 12.4 Å². The molecule has 1 aromatic heterocycles. The minimum absolute atomic E-state index is 0.00444. The lowest BCUT2D eigenvalue weighted by molar-refractivity contribution is -0.148. The number of carbonyl (C=O) groups is 3. The number of aliphatic carboxylic acids is 1. The van der Waals surface area contributed by atoms with E-state index in [9.17, 15) is 14.4 Å². The molecule has 0 amide bonds. The molecule has 0 aliphatic heterocycles. The maximum atomic E-state index is 11.3. The summed E-state index contributed by atoms with van der Waals surface area (Å²) in [6, 6.07) is 0. The van der Waals surface area contributed by atoms with Gasteiger partial charge in [0.05, 0.1) is 18.3 Å². The molecule has 0 aliphatic carbocycles. The monoisotopic (exact) mass is 208 g/mol. The second-order valence-corrected chi connectivity index (χ2v) is 2.87. The summed E-state index contributed by atoms with van der Waals surface area (Å²) in [6.45, 7) is 1.70. The van der Waals surface area contributed by atoms with Crippen molar-refractivity contribution in [2.75, 3.05) is 0 Å². The standard InChI is InChI=1S/C9H8N2O4/c1-5-3-11-6(4-10-5)7(12)2-8(13)9(14)15/h3-4H,2H2,1H3,(H,14,15). The van der Waals surface area contributed by atoms with Crippen molar-refractivity contribution >= 4 is 17.5 Å². The van der Waals surface area contributed by atoms with Crippen molar-refractivity contribution in [2.24, 2.45) is 0 Å². The summed E-state index contributed by atoms with van der Waals surface area (Å²) in [5, 5.41) is 8.28. The lowest BCUT2D eigenvalue weighted by atomic mass is 10.1. The molecule has 0 radical (unpaired) electrons. The fourth-order valence-corrected chi connectivity index (χ4v) is 0.849. The zero-order chi connectivity index (χ0) is 11.4. The number of ketones is 2. The number of aromatic nitrogens is 2. The van der Waals surface area contributed by atoms with Crippen molar-refractivity contribution < 1.29 is 19.5 Å². The third-order valence-corrected chi connectivity index (χ3v) is 1.63.